The van der Waals surface area contributed by atoms with Crippen molar-refractivity contribution in [3.63, 3.8) is 0 Å². The lowest BCUT2D eigenvalue weighted by molar-refractivity contribution is 0.219. The van der Waals surface area contributed by atoms with Crippen molar-refractivity contribution in [1.82, 2.24) is 0 Å². The maximum atomic E-state index is 13.4. The molecule has 1 nitrogen and oxygen atoms in total. The Hall–Kier alpha value is -1.07. The lowest BCUT2D eigenvalue weighted by atomic mass is 9.69. The molecule has 0 N–H and O–H groups in total. The average Bonchev–Trinajstić information content (AvgIpc) is 2.38. The van der Waals surface area contributed by atoms with Crippen LogP contribution in [0.1, 0.15) is 38.2 Å². The fourth-order valence-electron chi connectivity index (χ4n) is 2.69. The van der Waals surface area contributed by atoms with Gasteiger partial charge in [0.15, 0.2) is 0 Å². The number of halogens is 2. The Bertz CT molecular complexity index is 470. The van der Waals surface area contributed by atoms with Crippen LogP contribution < -0.4 is 0 Å². The molecule has 0 atom stereocenters. The molecule has 1 aromatic carbocycles. The minimum absolute atomic E-state index is 0.172. The van der Waals surface area contributed by atoms with Crippen LogP contribution in [0.2, 0.25) is 5.02 Å². The molecular formula is C15H17ClFN. The Labute approximate surface area is 113 Å². The summed E-state index contributed by atoms with van der Waals surface area (Å²) in [5.74, 6) is 0.292. The van der Waals surface area contributed by atoms with Crippen molar-refractivity contribution in [2.75, 3.05) is 0 Å². The molecule has 0 amide bonds. The molecular weight excluding hydrogens is 249 g/mol. The molecule has 0 aliphatic heterocycles. The minimum Gasteiger partial charge on any atom is -0.205 e. The molecule has 18 heavy (non-hydrogen) atoms. The summed E-state index contributed by atoms with van der Waals surface area (Å²) >= 11 is 5.98. The quantitative estimate of drug-likeness (QED) is 0.758. The Balaban J connectivity index is 2.21. The predicted molar refractivity (Wildman–Crippen MR) is 70.8 cm³/mol. The molecule has 1 aliphatic carbocycles. The molecule has 0 radical (unpaired) electrons. The second-order valence-electron chi connectivity index (χ2n) is 5.46. The van der Waals surface area contributed by atoms with E-state index < -0.39 is 5.82 Å². The molecule has 1 aromatic rings. The molecule has 0 heterocycles. The van der Waals surface area contributed by atoms with E-state index in [0.717, 1.165) is 31.2 Å². The second kappa shape index (κ2) is 5.28. The smallest absolute Gasteiger partial charge is 0.142 e. The number of nitriles is 1. The van der Waals surface area contributed by atoms with Crippen LogP contribution in [-0.4, -0.2) is 0 Å². The van der Waals surface area contributed by atoms with Gasteiger partial charge < -0.3 is 0 Å². The summed E-state index contributed by atoms with van der Waals surface area (Å²) in [6.07, 6.45) is 4.48. The third-order valence-corrected chi connectivity index (χ3v) is 4.45. The van der Waals surface area contributed by atoms with E-state index in [4.69, 9.17) is 11.6 Å². The standard InChI is InChI=1S/C15H17ClFN/c1-11-5-7-15(10-18,8-6-11)9-12-3-2-4-13(17)14(12)16/h2-4,11H,5-9H2,1H3. The number of benzene rings is 1. The highest BCUT2D eigenvalue weighted by molar-refractivity contribution is 6.31. The topological polar surface area (TPSA) is 23.8 Å². The van der Waals surface area contributed by atoms with Crippen molar-refractivity contribution >= 4 is 11.6 Å². The van der Waals surface area contributed by atoms with Crippen LogP contribution in [0.25, 0.3) is 0 Å². The van der Waals surface area contributed by atoms with Crippen LogP contribution >= 0.6 is 11.6 Å². The first-order valence-corrected chi connectivity index (χ1v) is 6.78. The highest BCUT2D eigenvalue weighted by Crippen LogP contribution is 2.42. The van der Waals surface area contributed by atoms with E-state index in [1.54, 1.807) is 6.07 Å². The number of hydrogen-bond donors (Lipinski definition) is 0. The van der Waals surface area contributed by atoms with E-state index in [1.165, 1.54) is 6.07 Å². The van der Waals surface area contributed by atoms with Crippen LogP contribution in [0.4, 0.5) is 4.39 Å². The summed E-state index contributed by atoms with van der Waals surface area (Å²) < 4.78 is 13.4. The molecule has 0 bridgehead atoms. The zero-order valence-electron chi connectivity index (χ0n) is 10.5. The third-order valence-electron chi connectivity index (χ3n) is 4.03. The molecule has 1 aliphatic rings. The van der Waals surface area contributed by atoms with E-state index in [-0.39, 0.29) is 10.4 Å². The molecule has 3 heteroatoms. The van der Waals surface area contributed by atoms with Gasteiger partial charge in [-0.05, 0) is 49.7 Å². The average molecular weight is 266 g/mol. The lowest BCUT2D eigenvalue weighted by Gasteiger charge is -2.34. The summed E-state index contributed by atoms with van der Waals surface area (Å²) in [7, 11) is 0. The van der Waals surface area contributed by atoms with E-state index in [9.17, 15) is 9.65 Å². The Morgan fingerprint density at radius 3 is 2.72 bits per heavy atom. The number of nitrogens with zero attached hydrogens (tertiary/aromatic N) is 1. The van der Waals surface area contributed by atoms with Crippen molar-refractivity contribution in [3.05, 3.63) is 34.6 Å². The summed E-state index contributed by atoms with van der Waals surface area (Å²) in [6, 6.07) is 7.29. The van der Waals surface area contributed by atoms with Crippen LogP contribution in [0.3, 0.4) is 0 Å². The maximum absolute atomic E-state index is 13.4. The van der Waals surface area contributed by atoms with Crippen LogP contribution in [0.5, 0.6) is 0 Å². The molecule has 2 rings (SSSR count). The minimum atomic E-state index is -0.397. The largest absolute Gasteiger partial charge is 0.205 e. The van der Waals surface area contributed by atoms with Gasteiger partial charge >= 0.3 is 0 Å². The molecule has 0 aromatic heterocycles. The van der Waals surface area contributed by atoms with Gasteiger partial charge in [0.1, 0.15) is 5.82 Å². The fraction of sp³-hybridized carbons (Fsp3) is 0.533. The van der Waals surface area contributed by atoms with Crippen molar-refractivity contribution in [2.24, 2.45) is 11.3 Å². The first kappa shape index (κ1) is 13.4. The van der Waals surface area contributed by atoms with Crippen LogP contribution in [-0.2, 0) is 6.42 Å². The summed E-state index contributed by atoms with van der Waals surface area (Å²) in [5, 5.41) is 9.63. The Morgan fingerprint density at radius 1 is 1.44 bits per heavy atom. The lowest BCUT2D eigenvalue weighted by Crippen LogP contribution is -2.27. The highest BCUT2D eigenvalue weighted by Gasteiger charge is 2.35. The van der Waals surface area contributed by atoms with Crippen molar-refractivity contribution in [3.8, 4) is 6.07 Å². The van der Waals surface area contributed by atoms with Gasteiger partial charge in [-0.1, -0.05) is 30.7 Å². The molecule has 1 fully saturated rings. The molecule has 0 unspecified atom stereocenters. The summed E-state index contributed by atoms with van der Waals surface area (Å²) in [5.41, 5.74) is 0.400. The zero-order valence-corrected chi connectivity index (χ0v) is 11.3. The van der Waals surface area contributed by atoms with Gasteiger partial charge in [0.2, 0.25) is 0 Å². The van der Waals surface area contributed by atoms with E-state index >= 15 is 0 Å². The van der Waals surface area contributed by atoms with E-state index in [0.29, 0.717) is 12.3 Å². The van der Waals surface area contributed by atoms with Gasteiger partial charge in [-0.2, -0.15) is 5.26 Å². The molecule has 1 saturated carbocycles. The summed E-state index contributed by atoms with van der Waals surface area (Å²) in [4.78, 5) is 0. The Kier molecular flexibility index (Phi) is 3.92. The zero-order chi connectivity index (χ0) is 13.2. The molecule has 0 spiro atoms. The molecule has 96 valence electrons. The maximum Gasteiger partial charge on any atom is 0.142 e. The van der Waals surface area contributed by atoms with Crippen molar-refractivity contribution in [1.29, 1.82) is 5.26 Å². The van der Waals surface area contributed by atoms with Gasteiger partial charge in [-0.25, -0.2) is 4.39 Å². The van der Waals surface area contributed by atoms with Crippen molar-refractivity contribution < 1.29 is 4.39 Å². The van der Waals surface area contributed by atoms with E-state index in [1.807, 2.05) is 6.07 Å². The first-order valence-electron chi connectivity index (χ1n) is 6.40. The summed E-state index contributed by atoms with van der Waals surface area (Å²) in [6.45, 7) is 2.22. The van der Waals surface area contributed by atoms with Crippen LogP contribution in [0.15, 0.2) is 18.2 Å². The predicted octanol–water partition coefficient (Wildman–Crippen LogP) is 4.74. The number of rotatable bonds is 2. The van der Waals surface area contributed by atoms with Gasteiger partial charge in [-0.3, -0.25) is 0 Å². The third kappa shape index (κ3) is 2.67. The fourth-order valence-corrected chi connectivity index (χ4v) is 2.89. The normalized spacial score (nSPS) is 27.8. The van der Waals surface area contributed by atoms with Gasteiger partial charge in [-0.15, -0.1) is 0 Å². The van der Waals surface area contributed by atoms with Gasteiger partial charge in [0, 0.05) is 0 Å². The first-order chi connectivity index (χ1) is 8.56. The Morgan fingerprint density at radius 2 is 2.11 bits per heavy atom. The van der Waals surface area contributed by atoms with Gasteiger partial charge in [0.25, 0.3) is 0 Å². The van der Waals surface area contributed by atoms with Crippen LogP contribution in [0, 0.1) is 28.5 Å². The monoisotopic (exact) mass is 265 g/mol. The number of hydrogen-bond acceptors (Lipinski definition) is 1. The second-order valence-corrected chi connectivity index (χ2v) is 5.84. The molecule has 0 saturated heterocycles. The van der Waals surface area contributed by atoms with E-state index in [2.05, 4.69) is 13.0 Å². The highest BCUT2D eigenvalue weighted by atomic mass is 35.5. The van der Waals surface area contributed by atoms with Crippen molar-refractivity contribution in [2.45, 2.75) is 39.0 Å². The SMILES string of the molecule is CC1CCC(C#N)(Cc2cccc(F)c2Cl)CC1. The van der Waals surface area contributed by atoms with Gasteiger partial charge in [0.05, 0.1) is 16.5 Å².